The first kappa shape index (κ1) is 14.4. The van der Waals surface area contributed by atoms with E-state index in [1.165, 1.54) is 0 Å². The fraction of sp³-hybridized carbons (Fsp3) is 1.00. The number of hydrogen-bond acceptors (Lipinski definition) is 2. The van der Waals surface area contributed by atoms with E-state index in [-0.39, 0.29) is 0 Å². The zero-order chi connectivity index (χ0) is 11.6. The van der Waals surface area contributed by atoms with Crippen molar-refractivity contribution in [2.75, 3.05) is 0 Å². The van der Waals surface area contributed by atoms with Crippen LogP contribution in [0.5, 0.6) is 0 Å². The van der Waals surface area contributed by atoms with Gasteiger partial charge in [0, 0.05) is 0 Å². The molecule has 0 saturated carbocycles. The first-order valence-electron chi connectivity index (χ1n) is 5.46. The largest absolute Gasteiger partial charge is 0.298 e. The molecule has 0 amide bonds. The quantitative estimate of drug-likeness (QED) is 0.404. The molecule has 86 valence electrons. The topological polar surface area (TPSA) is 18.5 Å². The molecule has 0 rings (SSSR count). The lowest BCUT2D eigenvalue weighted by atomic mass is 10.6. The van der Waals surface area contributed by atoms with Crippen molar-refractivity contribution < 1.29 is 9.15 Å². The van der Waals surface area contributed by atoms with Gasteiger partial charge in [0.25, 0.3) is 0 Å². The monoisotopic (exact) mass is 234 g/mol. The van der Waals surface area contributed by atoms with Crippen molar-refractivity contribution in [2.45, 2.75) is 65.0 Å². The van der Waals surface area contributed by atoms with Gasteiger partial charge in [0.05, 0.1) is 0 Å². The van der Waals surface area contributed by atoms with Crippen LogP contribution < -0.4 is 0 Å². The zero-order valence-electron chi connectivity index (χ0n) is 11.0. The second-order valence-electron chi connectivity index (χ2n) is 5.68. The minimum Gasteiger partial charge on any atom is -0.298 e. The standard InChI is InChI=1S/C10H26O2Si2/c1-9(2)13(5,6)11-12-14(7,8)10(3)4/h9-10H,1-8H3. The molecule has 0 bridgehead atoms. The molecule has 0 aliphatic carbocycles. The lowest BCUT2D eigenvalue weighted by Gasteiger charge is -2.32. The predicted molar refractivity (Wildman–Crippen MR) is 67.3 cm³/mol. The van der Waals surface area contributed by atoms with Gasteiger partial charge in [-0.25, -0.2) is 0 Å². The van der Waals surface area contributed by atoms with Crippen molar-refractivity contribution in [2.24, 2.45) is 0 Å². The predicted octanol–water partition coefficient (Wildman–Crippen LogP) is 4.16. The fourth-order valence-corrected chi connectivity index (χ4v) is 2.51. The average Bonchev–Trinajstić information content (AvgIpc) is 2.01. The maximum absolute atomic E-state index is 5.72. The van der Waals surface area contributed by atoms with Crippen LogP contribution in [0.15, 0.2) is 0 Å². The van der Waals surface area contributed by atoms with Crippen LogP contribution in [-0.2, 0) is 9.15 Å². The molecule has 0 unspecified atom stereocenters. The van der Waals surface area contributed by atoms with Crippen LogP contribution in [0.4, 0.5) is 0 Å². The maximum Gasteiger partial charge on any atom is 0.233 e. The third kappa shape index (κ3) is 4.25. The van der Waals surface area contributed by atoms with E-state index in [4.69, 9.17) is 9.15 Å². The second kappa shape index (κ2) is 4.92. The van der Waals surface area contributed by atoms with Crippen molar-refractivity contribution in [3.63, 3.8) is 0 Å². The summed E-state index contributed by atoms with van der Waals surface area (Å²) >= 11 is 0. The van der Waals surface area contributed by atoms with Gasteiger partial charge in [-0.05, 0) is 37.3 Å². The highest BCUT2D eigenvalue weighted by atomic mass is 28.4. The van der Waals surface area contributed by atoms with Crippen LogP contribution in [0.25, 0.3) is 0 Å². The second-order valence-corrected chi connectivity index (χ2v) is 14.7. The summed E-state index contributed by atoms with van der Waals surface area (Å²) in [6.45, 7) is 17.7. The molecule has 14 heavy (non-hydrogen) atoms. The van der Waals surface area contributed by atoms with Crippen LogP contribution in [0.1, 0.15) is 27.7 Å². The van der Waals surface area contributed by atoms with Crippen LogP contribution in [0, 0.1) is 0 Å². The van der Waals surface area contributed by atoms with Gasteiger partial charge in [-0.3, -0.25) is 9.15 Å². The molecular weight excluding hydrogens is 208 g/mol. The van der Waals surface area contributed by atoms with Gasteiger partial charge in [-0.1, -0.05) is 27.7 Å². The van der Waals surface area contributed by atoms with Crippen molar-refractivity contribution >= 4 is 16.6 Å². The van der Waals surface area contributed by atoms with Gasteiger partial charge in [0.1, 0.15) is 0 Å². The Bertz CT molecular complexity index is 157. The number of hydrogen-bond donors (Lipinski definition) is 0. The van der Waals surface area contributed by atoms with E-state index in [1.54, 1.807) is 0 Å². The Morgan fingerprint density at radius 1 is 0.643 bits per heavy atom. The van der Waals surface area contributed by atoms with Gasteiger partial charge in [-0.15, -0.1) is 0 Å². The van der Waals surface area contributed by atoms with Crippen molar-refractivity contribution in [1.29, 1.82) is 0 Å². The van der Waals surface area contributed by atoms with Gasteiger partial charge in [-0.2, -0.15) is 0 Å². The summed E-state index contributed by atoms with van der Waals surface area (Å²) in [5.74, 6) is 0. The summed E-state index contributed by atoms with van der Waals surface area (Å²) < 4.78 is 11.4. The Morgan fingerprint density at radius 2 is 0.857 bits per heavy atom. The summed E-state index contributed by atoms with van der Waals surface area (Å²) in [5, 5.41) is 0. The smallest absolute Gasteiger partial charge is 0.233 e. The minimum absolute atomic E-state index is 0.597. The summed E-state index contributed by atoms with van der Waals surface area (Å²) in [4.78, 5) is 0. The molecule has 0 aromatic rings. The van der Waals surface area contributed by atoms with E-state index in [9.17, 15) is 0 Å². The van der Waals surface area contributed by atoms with Crippen LogP contribution >= 0.6 is 0 Å². The van der Waals surface area contributed by atoms with Crippen LogP contribution in [0.2, 0.25) is 37.3 Å². The van der Waals surface area contributed by atoms with Crippen molar-refractivity contribution in [1.82, 2.24) is 0 Å². The number of rotatable bonds is 5. The van der Waals surface area contributed by atoms with Gasteiger partial charge >= 0.3 is 0 Å². The highest BCUT2D eigenvalue weighted by molar-refractivity contribution is 6.75. The molecule has 0 aliphatic rings. The first-order chi connectivity index (χ1) is 6.09. The lowest BCUT2D eigenvalue weighted by Crippen LogP contribution is -2.42. The van der Waals surface area contributed by atoms with Gasteiger partial charge in [0.15, 0.2) is 0 Å². The molecule has 0 spiro atoms. The van der Waals surface area contributed by atoms with E-state index in [1.807, 2.05) is 0 Å². The summed E-state index contributed by atoms with van der Waals surface area (Å²) in [6.07, 6.45) is 0. The van der Waals surface area contributed by atoms with Gasteiger partial charge in [0.2, 0.25) is 16.6 Å². The third-order valence-corrected chi connectivity index (χ3v) is 10.0. The fourth-order valence-electron chi connectivity index (χ4n) is 0.407. The highest BCUT2D eigenvalue weighted by Gasteiger charge is 2.35. The molecule has 0 atom stereocenters. The third-order valence-electron chi connectivity index (χ3n) is 3.25. The molecule has 4 heteroatoms. The normalized spacial score (nSPS) is 14.1. The molecular formula is C10H26O2Si2. The summed E-state index contributed by atoms with van der Waals surface area (Å²) in [5.41, 5.74) is 1.19. The van der Waals surface area contributed by atoms with E-state index >= 15 is 0 Å². The Hall–Kier alpha value is 0.354. The SMILES string of the molecule is CC(C)[Si](C)(C)OO[Si](C)(C)C(C)C. The Labute approximate surface area is 91.2 Å². The van der Waals surface area contributed by atoms with Crippen LogP contribution in [-0.4, -0.2) is 16.6 Å². The first-order valence-corrected chi connectivity index (χ1v) is 11.4. The summed E-state index contributed by atoms with van der Waals surface area (Å²) in [6, 6.07) is 0. The minimum atomic E-state index is -1.62. The van der Waals surface area contributed by atoms with Crippen molar-refractivity contribution in [3.05, 3.63) is 0 Å². The lowest BCUT2D eigenvalue weighted by molar-refractivity contribution is -0.128. The van der Waals surface area contributed by atoms with E-state index in [0.29, 0.717) is 11.1 Å². The Balaban J connectivity index is 4.18. The molecule has 0 heterocycles. The molecule has 0 fully saturated rings. The zero-order valence-corrected chi connectivity index (χ0v) is 13.0. The van der Waals surface area contributed by atoms with Crippen molar-refractivity contribution in [3.8, 4) is 0 Å². The molecule has 0 saturated heterocycles. The molecule has 0 radical (unpaired) electrons. The molecule has 2 nitrogen and oxygen atoms in total. The van der Waals surface area contributed by atoms with E-state index < -0.39 is 16.6 Å². The molecule has 0 aromatic heterocycles. The summed E-state index contributed by atoms with van der Waals surface area (Å²) in [7, 11) is -3.25. The molecule has 0 N–H and O–H groups in total. The Kier molecular flexibility index (Phi) is 5.04. The molecule has 0 aromatic carbocycles. The Morgan fingerprint density at radius 3 is 1.00 bits per heavy atom. The van der Waals surface area contributed by atoms with Gasteiger partial charge < -0.3 is 0 Å². The maximum atomic E-state index is 5.72. The van der Waals surface area contributed by atoms with E-state index in [0.717, 1.165) is 0 Å². The van der Waals surface area contributed by atoms with Crippen LogP contribution in [0.3, 0.4) is 0 Å². The highest BCUT2D eigenvalue weighted by Crippen LogP contribution is 2.27. The van der Waals surface area contributed by atoms with E-state index in [2.05, 4.69) is 53.9 Å². The molecule has 0 aliphatic heterocycles. The average molecular weight is 234 g/mol.